The smallest absolute Gasteiger partial charge is 0.266 e. The van der Waals surface area contributed by atoms with Gasteiger partial charge in [-0.15, -0.1) is 16.4 Å². The number of nitrogens with one attached hydrogen (secondary N) is 2. The number of amides is 2. The van der Waals surface area contributed by atoms with Gasteiger partial charge in [-0.2, -0.15) is 5.10 Å². The molecule has 2 aliphatic rings. The lowest BCUT2D eigenvalue weighted by atomic mass is 10.1. The molecule has 2 amide bonds. The predicted molar refractivity (Wildman–Crippen MR) is 109 cm³/mol. The second kappa shape index (κ2) is 7.23. The lowest BCUT2D eigenvalue weighted by Gasteiger charge is -2.20. The number of hydrogen-bond acceptors (Lipinski definition) is 7. The summed E-state index contributed by atoms with van der Waals surface area (Å²) in [6.07, 6.45) is 7.93. The van der Waals surface area contributed by atoms with Crippen LogP contribution in [-0.4, -0.2) is 52.1 Å². The summed E-state index contributed by atoms with van der Waals surface area (Å²) in [6.45, 7) is 4.86. The molecule has 9 heteroatoms. The number of thiophene rings is 1. The Morgan fingerprint density at radius 2 is 2.14 bits per heavy atom. The highest BCUT2D eigenvalue weighted by molar-refractivity contribution is 7.21. The minimum Gasteiger partial charge on any atom is -0.397 e. The molecule has 8 nitrogen and oxygen atoms in total. The summed E-state index contributed by atoms with van der Waals surface area (Å²) in [6, 6.07) is -0.449. The SMILES string of the molecule is Cc1nnc2sc(C(=O)N3CCC(NC(=O)C4C=CC=CN4)C3)c(N)c2c1C. The van der Waals surface area contributed by atoms with E-state index in [1.807, 2.05) is 26.0 Å². The van der Waals surface area contributed by atoms with Crippen LogP contribution in [0.4, 0.5) is 5.69 Å². The van der Waals surface area contributed by atoms with Gasteiger partial charge in [0.2, 0.25) is 5.91 Å². The summed E-state index contributed by atoms with van der Waals surface area (Å²) in [7, 11) is 0. The molecule has 0 spiro atoms. The van der Waals surface area contributed by atoms with Crippen molar-refractivity contribution >= 4 is 39.1 Å². The summed E-state index contributed by atoms with van der Waals surface area (Å²) >= 11 is 1.28. The second-order valence-corrected chi connectivity index (χ2v) is 8.07. The molecule has 0 saturated carbocycles. The van der Waals surface area contributed by atoms with Crippen LogP contribution in [0.15, 0.2) is 24.4 Å². The third kappa shape index (κ3) is 3.22. The van der Waals surface area contributed by atoms with Crippen molar-refractivity contribution in [2.75, 3.05) is 18.8 Å². The Hall–Kier alpha value is -2.94. The maximum Gasteiger partial charge on any atom is 0.266 e. The first-order valence-electron chi connectivity index (χ1n) is 9.16. The monoisotopic (exact) mass is 398 g/mol. The van der Waals surface area contributed by atoms with Gasteiger partial charge in [0.05, 0.1) is 11.4 Å². The van der Waals surface area contributed by atoms with Gasteiger partial charge in [0.1, 0.15) is 15.7 Å². The Bertz CT molecular complexity index is 1010. The summed E-state index contributed by atoms with van der Waals surface area (Å²) in [4.78, 5) is 28.3. The zero-order chi connectivity index (χ0) is 19.8. The summed E-state index contributed by atoms with van der Waals surface area (Å²) in [5, 5.41) is 15.1. The minimum absolute atomic E-state index is 0.0723. The number of nitrogens with two attached hydrogens (primary N) is 1. The lowest BCUT2D eigenvalue weighted by molar-refractivity contribution is -0.122. The summed E-state index contributed by atoms with van der Waals surface area (Å²) < 4.78 is 0. The van der Waals surface area contributed by atoms with Crippen LogP contribution in [0.1, 0.15) is 27.3 Å². The summed E-state index contributed by atoms with van der Waals surface area (Å²) in [5.41, 5.74) is 8.52. The maximum atomic E-state index is 13.0. The molecule has 2 aromatic heterocycles. The number of hydrogen-bond donors (Lipinski definition) is 3. The number of carbonyl (C=O) groups excluding carboxylic acids is 2. The fraction of sp³-hybridized carbons (Fsp3) is 0.368. The summed E-state index contributed by atoms with van der Waals surface area (Å²) in [5.74, 6) is -0.212. The van der Waals surface area contributed by atoms with E-state index in [1.165, 1.54) is 11.3 Å². The second-order valence-electron chi connectivity index (χ2n) is 7.07. The molecule has 0 radical (unpaired) electrons. The van der Waals surface area contributed by atoms with Gasteiger partial charge in [-0.05, 0) is 38.1 Å². The quantitative estimate of drug-likeness (QED) is 0.717. The molecule has 4 rings (SSSR count). The largest absolute Gasteiger partial charge is 0.397 e. The number of fused-ring (bicyclic) bond motifs is 1. The standard InChI is InChI=1S/C19H22N6O2S/c1-10-11(2)23-24-18-14(10)15(20)16(28-18)19(27)25-8-6-12(9-25)22-17(26)13-5-3-4-7-21-13/h3-5,7,12-13,21H,6,8-9,20H2,1-2H3,(H,22,26). The molecule has 28 heavy (non-hydrogen) atoms. The Labute approximate surface area is 166 Å². The molecule has 2 atom stereocenters. The Morgan fingerprint density at radius 1 is 1.32 bits per heavy atom. The van der Waals surface area contributed by atoms with Crippen molar-refractivity contribution < 1.29 is 9.59 Å². The molecule has 0 aromatic carbocycles. The van der Waals surface area contributed by atoms with Gasteiger partial charge in [0.15, 0.2) is 0 Å². The van der Waals surface area contributed by atoms with Crippen LogP contribution in [0, 0.1) is 13.8 Å². The number of dihydropyridines is 1. The molecule has 0 bridgehead atoms. The molecule has 2 aromatic rings. The Morgan fingerprint density at radius 3 is 2.89 bits per heavy atom. The molecule has 2 unspecified atom stereocenters. The first-order chi connectivity index (χ1) is 13.5. The van der Waals surface area contributed by atoms with E-state index in [2.05, 4.69) is 20.8 Å². The van der Waals surface area contributed by atoms with E-state index in [-0.39, 0.29) is 23.9 Å². The van der Waals surface area contributed by atoms with Crippen molar-refractivity contribution in [2.45, 2.75) is 32.4 Å². The highest BCUT2D eigenvalue weighted by Crippen LogP contribution is 2.36. The molecule has 146 valence electrons. The van der Waals surface area contributed by atoms with Crippen LogP contribution in [-0.2, 0) is 4.79 Å². The average Bonchev–Trinajstić information content (AvgIpc) is 3.30. The maximum absolute atomic E-state index is 13.0. The van der Waals surface area contributed by atoms with Crippen LogP contribution in [0.2, 0.25) is 0 Å². The van der Waals surface area contributed by atoms with Crippen LogP contribution >= 0.6 is 11.3 Å². The van der Waals surface area contributed by atoms with E-state index in [9.17, 15) is 9.59 Å². The van der Waals surface area contributed by atoms with Crippen LogP contribution in [0.3, 0.4) is 0 Å². The number of nitrogen functional groups attached to an aromatic ring is 1. The predicted octanol–water partition coefficient (Wildman–Crippen LogP) is 1.26. The third-order valence-corrected chi connectivity index (χ3v) is 6.30. The number of anilines is 1. The van der Waals surface area contributed by atoms with Crippen molar-refractivity contribution in [2.24, 2.45) is 0 Å². The van der Waals surface area contributed by atoms with E-state index in [0.717, 1.165) is 16.6 Å². The van der Waals surface area contributed by atoms with E-state index < -0.39 is 0 Å². The number of aryl methyl sites for hydroxylation is 2. The number of allylic oxidation sites excluding steroid dienone is 2. The molecule has 2 aliphatic heterocycles. The van der Waals surface area contributed by atoms with Crippen molar-refractivity contribution in [3.05, 3.63) is 40.6 Å². The zero-order valence-corrected chi connectivity index (χ0v) is 16.5. The number of nitrogens with zero attached hydrogens (tertiary/aromatic N) is 3. The normalized spacial score (nSPS) is 21.1. The third-order valence-electron chi connectivity index (χ3n) is 5.22. The first kappa shape index (κ1) is 18.4. The van der Waals surface area contributed by atoms with Crippen LogP contribution in [0.25, 0.3) is 10.2 Å². The van der Waals surface area contributed by atoms with Crippen molar-refractivity contribution in [1.29, 1.82) is 0 Å². The van der Waals surface area contributed by atoms with Crippen LogP contribution in [0.5, 0.6) is 0 Å². The van der Waals surface area contributed by atoms with E-state index in [4.69, 9.17) is 5.73 Å². The van der Waals surface area contributed by atoms with Crippen molar-refractivity contribution in [3.8, 4) is 0 Å². The first-order valence-corrected chi connectivity index (χ1v) is 9.98. The minimum atomic E-state index is -0.377. The van der Waals surface area contributed by atoms with Gasteiger partial charge in [-0.3, -0.25) is 9.59 Å². The topological polar surface area (TPSA) is 113 Å². The van der Waals surface area contributed by atoms with E-state index in [0.29, 0.717) is 34.9 Å². The Balaban J connectivity index is 1.46. The fourth-order valence-corrected chi connectivity index (χ4v) is 4.57. The zero-order valence-electron chi connectivity index (χ0n) is 15.7. The van der Waals surface area contributed by atoms with Crippen LogP contribution < -0.4 is 16.4 Å². The van der Waals surface area contributed by atoms with E-state index >= 15 is 0 Å². The molecule has 0 aliphatic carbocycles. The molecule has 4 heterocycles. The van der Waals surface area contributed by atoms with Gasteiger partial charge in [0.25, 0.3) is 5.91 Å². The van der Waals surface area contributed by atoms with Crippen molar-refractivity contribution in [1.82, 2.24) is 25.7 Å². The number of carbonyl (C=O) groups is 2. The lowest BCUT2D eigenvalue weighted by Crippen LogP contribution is -2.47. The van der Waals surface area contributed by atoms with Gasteiger partial charge >= 0.3 is 0 Å². The number of likely N-dealkylation sites (tertiary alicyclic amines) is 1. The molecular weight excluding hydrogens is 376 g/mol. The molecule has 1 saturated heterocycles. The number of rotatable bonds is 3. The fourth-order valence-electron chi connectivity index (χ4n) is 3.51. The molecular formula is C19H22N6O2S. The van der Waals surface area contributed by atoms with Crippen molar-refractivity contribution in [3.63, 3.8) is 0 Å². The molecule has 4 N–H and O–H groups in total. The van der Waals surface area contributed by atoms with Gasteiger partial charge in [-0.25, -0.2) is 0 Å². The van der Waals surface area contributed by atoms with Gasteiger partial charge in [-0.1, -0.05) is 12.2 Å². The van der Waals surface area contributed by atoms with E-state index in [1.54, 1.807) is 17.2 Å². The molecule has 1 fully saturated rings. The highest BCUT2D eigenvalue weighted by Gasteiger charge is 2.31. The highest BCUT2D eigenvalue weighted by atomic mass is 32.1. The van der Waals surface area contributed by atoms with Gasteiger partial charge in [0, 0.05) is 24.5 Å². The average molecular weight is 398 g/mol. The Kier molecular flexibility index (Phi) is 4.76. The van der Waals surface area contributed by atoms with Gasteiger partial charge < -0.3 is 21.3 Å². The number of aromatic nitrogens is 2.